The van der Waals surface area contributed by atoms with Crippen LogP contribution in [0.3, 0.4) is 0 Å². The quantitative estimate of drug-likeness (QED) is 0.750. The van der Waals surface area contributed by atoms with Gasteiger partial charge in [0, 0.05) is 12.4 Å². The Morgan fingerprint density at radius 1 is 1.15 bits per heavy atom. The number of aromatic nitrogens is 2. The summed E-state index contributed by atoms with van der Waals surface area (Å²) in [6.45, 7) is 1.92. The first-order valence-corrected chi connectivity index (χ1v) is 11.4. The number of imidazole rings is 1. The van der Waals surface area contributed by atoms with E-state index in [9.17, 15) is 5.11 Å². The van der Waals surface area contributed by atoms with Crippen LogP contribution in [0.2, 0.25) is 0 Å². The molecule has 2 heterocycles. The number of nitrogens with zero attached hydrogens (tertiary/aromatic N) is 2. The van der Waals surface area contributed by atoms with Crippen LogP contribution in [-0.2, 0) is 0 Å². The van der Waals surface area contributed by atoms with E-state index in [1.807, 2.05) is 25.5 Å². The molecule has 1 fully saturated rings. The molecule has 1 saturated carbocycles. The molecule has 0 spiro atoms. The number of hydrogen-bond acceptors (Lipinski definition) is 2. The monoisotopic (exact) mass is 368 g/mol. The minimum atomic E-state index is -1.53. The Kier molecular flexibility index (Phi) is 5.05. The van der Waals surface area contributed by atoms with Crippen molar-refractivity contribution in [1.29, 1.82) is 0 Å². The summed E-state index contributed by atoms with van der Waals surface area (Å²) < 4.78 is 2.24. The molecule has 3 atom stereocenters. The average molecular weight is 369 g/mol. The van der Waals surface area contributed by atoms with Gasteiger partial charge in [-0.2, -0.15) is 0 Å². The second-order valence-electron chi connectivity index (χ2n) is 7.47. The Morgan fingerprint density at radius 2 is 1.92 bits per heavy atom. The predicted molar refractivity (Wildman–Crippen MR) is 110 cm³/mol. The normalized spacial score (nSPS) is 28.3. The molecule has 1 N–H and O–H groups in total. The molecule has 1 aromatic heterocycles. The van der Waals surface area contributed by atoms with E-state index < -0.39 is 16.3 Å². The number of rotatable bonds is 5. The zero-order valence-electron chi connectivity index (χ0n) is 15.4. The van der Waals surface area contributed by atoms with Crippen LogP contribution in [-0.4, -0.2) is 20.2 Å². The molecule has 1 aromatic carbocycles. The second-order valence-corrected chi connectivity index (χ2v) is 10.4. The van der Waals surface area contributed by atoms with E-state index in [1.54, 1.807) is 0 Å². The molecule has 4 heteroatoms. The fourth-order valence-corrected chi connectivity index (χ4v) is 8.17. The number of benzene rings is 1. The van der Waals surface area contributed by atoms with Crippen molar-refractivity contribution in [3.8, 4) is 0 Å². The first-order chi connectivity index (χ1) is 12.7. The summed E-state index contributed by atoms with van der Waals surface area (Å²) in [6, 6.07) is 10.5. The summed E-state index contributed by atoms with van der Waals surface area (Å²) in [5.41, 5.74) is 2.66. The van der Waals surface area contributed by atoms with Gasteiger partial charge in [0.05, 0.1) is 11.4 Å². The lowest BCUT2D eigenvalue weighted by Crippen LogP contribution is -2.23. The van der Waals surface area contributed by atoms with Gasteiger partial charge >= 0.3 is 0 Å². The van der Waals surface area contributed by atoms with E-state index in [2.05, 4.69) is 56.3 Å². The smallest absolute Gasteiger partial charge is 0.104 e. The molecular weight excluding hydrogens is 340 g/mol. The van der Waals surface area contributed by atoms with Crippen LogP contribution >= 0.6 is 10.2 Å². The third-order valence-corrected chi connectivity index (χ3v) is 9.35. The molecule has 4 rings (SSSR count). The van der Waals surface area contributed by atoms with Gasteiger partial charge in [-0.1, -0.05) is 55.7 Å². The van der Waals surface area contributed by atoms with Crippen LogP contribution in [0.5, 0.6) is 0 Å². The van der Waals surface area contributed by atoms with Gasteiger partial charge < -0.3 is 5.11 Å². The molecule has 1 aliphatic carbocycles. The van der Waals surface area contributed by atoms with E-state index in [0.717, 1.165) is 0 Å². The van der Waals surface area contributed by atoms with E-state index in [4.69, 9.17) is 0 Å². The molecule has 2 aromatic rings. The lowest BCUT2D eigenvalue weighted by atomic mass is 9.84. The second kappa shape index (κ2) is 7.45. The Balaban J connectivity index is 1.80. The zero-order chi connectivity index (χ0) is 18.0. The minimum absolute atomic E-state index is 0.0234. The van der Waals surface area contributed by atoms with Crippen molar-refractivity contribution in [3.05, 3.63) is 77.1 Å². The van der Waals surface area contributed by atoms with Gasteiger partial charge in [-0.3, -0.25) is 3.97 Å². The van der Waals surface area contributed by atoms with Crippen molar-refractivity contribution in [1.82, 2.24) is 8.96 Å². The molecule has 0 radical (unpaired) electrons. The first-order valence-electron chi connectivity index (χ1n) is 9.64. The maximum absolute atomic E-state index is 10.8. The summed E-state index contributed by atoms with van der Waals surface area (Å²) in [5, 5.41) is 15.7. The number of hydrogen-bond donors (Lipinski definition) is 1. The van der Waals surface area contributed by atoms with Crippen LogP contribution in [0, 0.1) is 5.92 Å². The van der Waals surface area contributed by atoms with Crippen LogP contribution in [0.25, 0.3) is 0 Å². The Bertz CT molecular complexity index is 776. The SMILES string of the molecule is CC(O)C(c1ccccc1)S1(n2ccnc2)C=CC(C2CCCCC2)=C1. The molecule has 0 bridgehead atoms. The highest BCUT2D eigenvalue weighted by Gasteiger charge is 2.39. The number of aliphatic hydroxyl groups excluding tert-OH is 1. The molecule has 1 aliphatic heterocycles. The van der Waals surface area contributed by atoms with Crippen molar-refractivity contribution in [2.45, 2.75) is 50.4 Å². The summed E-state index contributed by atoms with van der Waals surface area (Å²) in [6.07, 6.45) is 14.3. The third kappa shape index (κ3) is 3.17. The highest BCUT2D eigenvalue weighted by atomic mass is 32.3. The third-order valence-electron chi connectivity index (χ3n) is 5.70. The van der Waals surface area contributed by atoms with Gasteiger partial charge in [-0.25, -0.2) is 4.98 Å². The number of aliphatic hydroxyl groups is 1. The van der Waals surface area contributed by atoms with Gasteiger partial charge in [-0.05, 0) is 47.6 Å². The highest BCUT2D eigenvalue weighted by Crippen LogP contribution is 2.68. The Labute approximate surface area is 157 Å². The summed E-state index contributed by atoms with van der Waals surface area (Å²) in [4.78, 5) is 4.32. The van der Waals surface area contributed by atoms with E-state index in [1.165, 1.54) is 43.2 Å². The average Bonchev–Trinajstić information content (AvgIpc) is 3.34. The molecule has 0 amide bonds. The predicted octanol–water partition coefficient (Wildman–Crippen LogP) is 5.56. The summed E-state index contributed by atoms with van der Waals surface area (Å²) in [5.74, 6) is 0.670. The van der Waals surface area contributed by atoms with E-state index >= 15 is 0 Å². The van der Waals surface area contributed by atoms with Crippen molar-refractivity contribution < 1.29 is 5.11 Å². The molecular formula is C22H28N2OS. The maximum atomic E-state index is 10.8. The van der Waals surface area contributed by atoms with Gasteiger partial charge in [0.15, 0.2) is 0 Å². The fraction of sp³-hybridized carbons (Fsp3) is 0.409. The van der Waals surface area contributed by atoms with Crippen LogP contribution in [0.15, 0.2) is 71.5 Å². The Hall–Kier alpha value is -1.78. The zero-order valence-corrected chi connectivity index (χ0v) is 16.2. The molecule has 138 valence electrons. The van der Waals surface area contributed by atoms with Crippen LogP contribution < -0.4 is 0 Å². The summed E-state index contributed by atoms with van der Waals surface area (Å²) >= 11 is 0. The minimum Gasteiger partial charge on any atom is -0.392 e. The van der Waals surface area contributed by atoms with Gasteiger partial charge in [0.2, 0.25) is 0 Å². The molecule has 3 nitrogen and oxygen atoms in total. The van der Waals surface area contributed by atoms with Crippen molar-refractivity contribution >= 4 is 10.2 Å². The Morgan fingerprint density at radius 3 is 2.58 bits per heavy atom. The van der Waals surface area contributed by atoms with Gasteiger partial charge in [0.25, 0.3) is 0 Å². The van der Waals surface area contributed by atoms with Crippen molar-refractivity contribution in [2.75, 3.05) is 0 Å². The fourth-order valence-electron chi connectivity index (χ4n) is 4.46. The first kappa shape index (κ1) is 17.6. The standard InChI is InChI=1S/C22H28N2OS/c1-18(25)22(20-10-6-3-7-11-20)26(24-14-13-23-17-24)15-12-21(16-26)19-8-4-2-5-9-19/h3,6-7,10-19,22,25H,2,4-5,8-9H2,1H3. The lowest BCUT2D eigenvalue weighted by Gasteiger charge is -2.43. The lowest BCUT2D eigenvalue weighted by molar-refractivity contribution is 0.191. The van der Waals surface area contributed by atoms with E-state index in [-0.39, 0.29) is 5.25 Å². The summed E-state index contributed by atoms with van der Waals surface area (Å²) in [7, 11) is -1.53. The number of allylic oxidation sites excluding steroid dienone is 2. The van der Waals surface area contributed by atoms with Gasteiger partial charge in [-0.15, -0.1) is 10.2 Å². The van der Waals surface area contributed by atoms with Crippen LogP contribution in [0.4, 0.5) is 0 Å². The topological polar surface area (TPSA) is 38.0 Å². The van der Waals surface area contributed by atoms with E-state index in [0.29, 0.717) is 5.92 Å². The van der Waals surface area contributed by atoms with Gasteiger partial charge in [0.1, 0.15) is 6.33 Å². The van der Waals surface area contributed by atoms with Crippen LogP contribution in [0.1, 0.15) is 49.8 Å². The molecule has 26 heavy (non-hydrogen) atoms. The molecule has 2 aliphatic rings. The molecule has 0 saturated heterocycles. The largest absolute Gasteiger partial charge is 0.392 e. The maximum Gasteiger partial charge on any atom is 0.104 e. The molecule has 3 unspecified atom stereocenters. The van der Waals surface area contributed by atoms with Crippen molar-refractivity contribution in [2.24, 2.45) is 5.92 Å². The van der Waals surface area contributed by atoms with Crippen molar-refractivity contribution in [3.63, 3.8) is 0 Å². The highest BCUT2D eigenvalue weighted by molar-refractivity contribution is 8.37.